The first-order chi connectivity index (χ1) is 7.04. The SMILES string of the molecule is CCN(Cc1ccc(O)c(N)c1)C(C)C. The number of hydrogen-bond donors (Lipinski definition) is 2. The number of aromatic hydroxyl groups is 1. The standard InChI is InChI=1S/C12H20N2O/c1-4-14(9(2)3)8-10-5-6-12(15)11(13)7-10/h5-7,9,15H,4,8,13H2,1-3H3. The highest BCUT2D eigenvalue weighted by atomic mass is 16.3. The van der Waals surface area contributed by atoms with E-state index in [-0.39, 0.29) is 5.75 Å². The molecule has 3 heteroatoms. The predicted octanol–water partition coefficient (Wildman–Crippen LogP) is 2.20. The lowest BCUT2D eigenvalue weighted by Gasteiger charge is -2.24. The number of phenolic OH excluding ortho intramolecular Hbond substituents is 1. The molecule has 0 aliphatic carbocycles. The summed E-state index contributed by atoms with van der Waals surface area (Å²) >= 11 is 0. The molecule has 84 valence electrons. The molecular weight excluding hydrogens is 188 g/mol. The number of benzene rings is 1. The molecule has 0 amide bonds. The minimum atomic E-state index is 0.159. The van der Waals surface area contributed by atoms with Gasteiger partial charge in [-0.15, -0.1) is 0 Å². The van der Waals surface area contributed by atoms with Crippen molar-refractivity contribution >= 4 is 5.69 Å². The number of nitrogen functional groups attached to an aromatic ring is 1. The van der Waals surface area contributed by atoms with Gasteiger partial charge in [-0.3, -0.25) is 4.90 Å². The predicted molar refractivity (Wildman–Crippen MR) is 63.7 cm³/mol. The quantitative estimate of drug-likeness (QED) is 0.589. The number of hydrogen-bond acceptors (Lipinski definition) is 3. The van der Waals surface area contributed by atoms with Crippen LogP contribution in [0.15, 0.2) is 18.2 Å². The number of nitrogens with two attached hydrogens (primary N) is 1. The molecule has 0 unspecified atom stereocenters. The van der Waals surface area contributed by atoms with Crippen molar-refractivity contribution in [1.82, 2.24) is 4.90 Å². The van der Waals surface area contributed by atoms with Gasteiger partial charge in [0, 0.05) is 12.6 Å². The minimum absolute atomic E-state index is 0.159. The van der Waals surface area contributed by atoms with Gasteiger partial charge in [0.15, 0.2) is 0 Å². The van der Waals surface area contributed by atoms with Crippen molar-refractivity contribution in [1.29, 1.82) is 0 Å². The number of phenols is 1. The van der Waals surface area contributed by atoms with Gasteiger partial charge in [0.2, 0.25) is 0 Å². The van der Waals surface area contributed by atoms with Crippen LogP contribution in [0.3, 0.4) is 0 Å². The van der Waals surface area contributed by atoms with Crippen molar-refractivity contribution in [3.63, 3.8) is 0 Å². The topological polar surface area (TPSA) is 49.5 Å². The third-order valence-corrected chi connectivity index (χ3v) is 2.61. The van der Waals surface area contributed by atoms with Gasteiger partial charge in [-0.2, -0.15) is 0 Å². The van der Waals surface area contributed by atoms with E-state index in [9.17, 15) is 5.11 Å². The van der Waals surface area contributed by atoms with Crippen molar-refractivity contribution in [3.8, 4) is 5.75 Å². The summed E-state index contributed by atoms with van der Waals surface area (Å²) in [6.07, 6.45) is 0. The zero-order valence-electron chi connectivity index (χ0n) is 9.70. The molecule has 15 heavy (non-hydrogen) atoms. The van der Waals surface area contributed by atoms with Crippen LogP contribution in [0.2, 0.25) is 0 Å². The molecule has 0 spiro atoms. The summed E-state index contributed by atoms with van der Waals surface area (Å²) in [5.74, 6) is 0.159. The molecule has 0 aromatic heterocycles. The van der Waals surface area contributed by atoms with Crippen LogP contribution in [-0.2, 0) is 6.54 Å². The lowest BCUT2D eigenvalue weighted by atomic mass is 10.1. The normalized spacial score (nSPS) is 11.3. The van der Waals surface area contributed by atoms with Gasteiger partial charge < -0.3 is 10.8 Å². The molecule has 1 aromatic carbocycles. The molecule has 0 aliphatic rings. The third-order valence-electron chi connectivity index (χ3n) is 2.61. The van der Waals surface area contributed by atoms with Crippen molar-refractivity contribution in [3.05, 3.63) is 23.8 Å². The van der Waals surface area contributed by atoms with Crippen molar-refractivity contribution in [2.75, 3.05) is 12.3 Å². The number of nitrogens with zero attached hydrogens (tertiary/aromatic N) is 1. The van der Waals surface area contributed by atoms with Crippen molar-refractivity contribution in [2.24, 2.45) is 0 Å². The van der Waals surface area contributed by atoms with Crippen molar-refractivity contribution in [2.45, 2.75) is 33.4 Å². The average Bonchev–Trinajstić information content (AvgIpc) is 2.19. The highest BCUT2D eigenvalue weighted by Gasteiger charge is 2.08. The maximum atomic E-state index is 9.31. The first-order valence-corrected chi connectivity index (χ1v) is 5.36. The molecule has 0 saturated carbocycles. The summed E-state index contributed by atoms with van der Waals surface area (Å²) in [5, 5.41) is 9.31. The fraction of sp³-hybridized carbons (Fsp3) is 0.500. The molecule has 0 saturated heterocycles. The number of anilines is 1. The Morgan fingerprint density at radius 2 is 2.07 bits per heavy atom. The maximum Gasteiger partial charge on any atom is 0.138 e. The zero-order valence-corrected chi connectivity index (χ0v) is 9.70. The van der Waals surface area contributed by atoms with E-state index in [0.29, 0.717) is 11.7 Å². The van der Waals surface area contributed by atoms with Gasteiger partial charge in [-0.25, -0.2) is 0 Å². The van der Waals surface area contributed by atoms with E-state index in [2.05, 4.69) is 25.7 Å². The summed E-state index contributed by atoms with van der Waals surface area (Å²) in [6, 6.07) is 5.92. The Kier molecular flexibility index (Phi) is 3.97. The third kappa shape index (κ3) is 3.13. The average molecular weight is 208 g/mol. The molecule has 1 aromatic rings. The lowest BCUT2D eigenvalue weighted by molar-refractivity contribution is 0.225. The van der Waals surface area contributed by atoms with Gasteiger partial charge in [0.25, 0.3) is 0 Å². The summed E-state index contributed by atoms with van der Waals surface area (Å²) in [6.45, 7) is 8.38. The van der Waals surface area contributed by atoms with E-state index in [0.717, 1.165) is 18.7 Å². The second-order valence-electron chi connectivity index (χ2n) is 4.05. The first-order valence-electron chi connectivity index (χ1n) is 5.36. The Labute approximate surface area is 91.5 Å². The molecular formula is C12H20N2O. The monoisotopic (exact) mass is 208 g/mol. The molecule has 0 aliphatic heterocycles. The van der Waals surface area contributed by atoms with E-state index in [1.165, 1.54) is 0 Å². The molecule has 0 bridgehead atoms. The van der Waals surface area contributed by atoms with Gasteiger partial charge in [-0.05, 0) is 38.1 Å². The Balaban J connectivity index is 2.75. The summed E-state index contributed by atoms with van der Waals surface area (Å²) in [7, 11) is 0. The highest BCUT2D eigenvalue weighted by molar-refractivity contribution is 5.53. The summed E-state index contributed by atoms with van der Waals surface area (Å²) < 4.78 is 0. The number of rotatable bonds is 4. The molecule has 0 fully saturated rings. The molecule has 0 atom stereocenters. The molecule has 3 N–H and O–H groups in total. The second-order valence-corrected chi connectivity index (χ2v) is 4.05. The van der Waals surface area contributed by atoms with Crippen LogP contribution in [0.1, 0.15) is 26.3 Å². The largest absolute Gasteiger partial charge is 0.506 e. The van der Waals surface area contributed by atoms with Gasteiger partial charge in [0.05, 0.1) is 5.69 Å². The van der Waals surface area contributed by atoms with E-state index in [1.54, 1.807) is 6.07 Å². The van der Waals surface area contributed by atoms with Crippen LogP contribution in [0.5, 0.6) is 5.75 Å². The van der Waals surface area contributed by atoms with Gasteiger partial charge in [0.1, 0.15) is 5.75 Å². The maximum absolute atomic E-state index is 9.31. The van der Waals surface area contributed by atoms with Gasteiger partial charge in [-0.1, -0.05) is 13.0 Å². The fourth-order valence-electron chi connectivity index (χ4n) is 1.60. The second kappa shape index (κ2) is 5.03. The van der Waals surface area contributed by atoms with Crippen LogP contribution >= 0.6 is 0 Å². The van der Waals surface area contributed by atoms with Crippen LogP contribution < -0.4 is 5.73 Å². The van der Waals surface area contributed by atoms with Gasteiger partial charge >= 0.3 is 0 Å². The molecule has 0 radical (unpaired) electrons. The Morgan fingerprint density at radius 3 is 2.53 bits per heavy atom. The summed E-state index contributed by atoms with van der Waals surface area (Å²) in [4.78, 5) is 2.34. The Bertz CT molecular complexity index is 323. The van der Waals surface area contributed by atoms with Crippen LogP contribution in [0, 0.1) is 0 Å². The van der Waals surface area contributed by atoms with Crippen LogP contribution in [-0.4, -0.2) is 22.6 Å². The zero-order chi connectivity index (χ0) is 11.4. The smallest absolute Gasteiger partial charge is 0.138 e. The lowest BCUT2D eigenvalue weighted by Crippen LogP contribution is -2.29. The Morgan fingerprint density at radius 1 is 1.40 bits per heavy atom. The van der Waals surface area contributed by atoms with E-state index in [1.807, 2.05) is 12.1 Å². The Hall–Kier alpha value is -1.22. The van der Waals surface area contributed by atoms with E-state index in [4.69, 9.17) is 5.73 Å². The fourth-order valence-corrected chi connectivity index (χ4v) is 1.60. The molecule has 1 rings (SSSR count). The van der Waals surface area contributed by atoms with E-state index < -0.39 is 0 Å². The first kappa shape index (κ1) is 11.9. The minimum Gasteiger partial charge on any atom is -0.506 e. The molecule has 3 nitrogen and oxygen atoms in total. The van der Waals surface area contributed by atoms with Crippen LogP contribution in [0.25, 0.3) is 0 Å². The summed E-state index contributed by atoms with van der Waals surface area (Å²) in [5.41, 5.74) is 7.24. The van der Waals surface area contributed by atoms with E-state index >= 15 is 0 Å². The van der Waals surface area contributed by atoms with Crippen molar-refractivity contribution < 1.29 is 5.11 Å². The molecule has 0 heterocycles. The highest BCUT2D eigenvalue weighted by Crippen LogP contribution is 2.21. The van der Waals surface area contributed by atoms with Crippen LogP contribution in [0.4, 0.5) is 5.69 Å².